The van der Waals surface area contributed by atoms with Gasteiger partial charge in [0.15, 0.2) is 0 Å². The SMILES string of the molecule is C/C=C(/P)S. The summed E-state index contributed by atoms with van der Waals surface area (Å²) in [7, 11) is 2.46. The molecule has 0 bridgehead atoms. The van der Waals surface area contributed by atoms with Crippen LogP contribution in [0.25, 0.3) is 0 Å². The average molecular weight is 106 g/mol. The second-order valence-corrected chi connectivity index (χ2v) is 2.34. The summed E-state index contributed by atoms with van der Waals surface area (Å²) in [6.07, 6.45) is 1.91. The minimum absolute atomic E-state index is 0.991. The van der Waals surface area contributed by atoms with Crippen LogP contribution in [0.2, 0.25) is 0 Å². The summed E-state index contributed by atoms with van der Waals surface area (Å²) in [6, 6.07) is 0. The van der Waals surface area contributed by atoms with Gasteiger partial charge in [-0.05, 0) is 11.6 Å². The van der Waals surface area contributed by atoms with E-state index in [0.717, 1.165) is 4.65 Å². The Morgan fingerprint density at radius 3 is 2.20 bits per heavy atom. The third-order valence-corrected chi connectivity index (χ3v) is 0.887. The first-order valence-electron chi connectivity index (χ1n) is 1.38. The van der Waals surface area contributed by atoms with Gasteiger partial charge in [-0.2, -0.15) is 0 Å². The first-order chi connectivity index (χ1) is 2.27. The third kappa shape index (κ3) is 4.52. The highest BCUT2D eigenvalue weighted by molar-refractivity contribution is 7.90. The van der Waals surface area contributed by atoms with Gasteiger partial charge in [0.2, 0.25) is 0 Å². The van der Waals surface area contributed by atoms with Crippen molar-refractivity contribution in [3.8, 4) is 0 Å². The van der Waals surface area contributed by atoms with Gasteiger partial charge in [0.25, 0.3) is 0 Å². The van der Waals surface area contributed by atoms with Crippen LogP contribution in [-0.2, 0) is 0 Å². The van der Waals surface area contributed by atoms with Crippen LogP contribution < -0.4 is 0 Å². The number of rotatable bonds is 0. The smallest absolute Gasteiger partial charge is 0.00533 e. The van der Waals surface area contributed by atoms with Crippen molar-refractivity contribution < 1.29 is 0 Å². The molecule has 0 aromatic rings. The van der Waals surface area contributed by atoms with Crippen LogP contribution in [0.1, 0.15) is 6.92 Å². The minimum atomic E-state index is 0.991. The standard InChI is InChI=1S/C3H7PS/c1-2-3(4)5/h2,5H,4H2,1H3/b3-2-. The van der Waals surface area contributed by atoms with E-state index in [9.17, 15) is 0 Å². The Morgan fingerprint density at radius 1 is 2.00 bits per heavy atom. The number of thiol groups is 1. The highest BCUT2D eigenvalue weighted by Crippen LogP contribution is 2.06. The molecule has 0 amide bonds. The monoisotopic (exact) mass is 106 g/mol. The molecule has 0 aliphatic heterocycles. The van der Waals surface area contributed by atoms with E-state index < -0.39 is 0 Å². The lowest BCUT2D eigenvalue weighted by molar-refractivity contribution is 1.78. The van der Waals surface area contributed by atoms with Gasteiger partial charge in [0.1, 0.15) is 0 Å². The third-order valence-electron chi connectivity index (χ3n) is 0.296. The Kier molecular flexibility index (Phi) is 3.03. The quantitative estimate of drug-likeness (QED) is 0.352. The molecule has 0 aliphatic carbocycles. The lowest BCUT2D eigenvalue weighted by Gasteiger charge is -1.72. The zero-order valence-corrected chi connectivity index (χ0v) is 5.15. The Morgan fingerprint density at radius 2 is 2.20 bits per heavy atom. The van der Waals surface area contributed by atoms with E-state index in [-0.39, 0.29) is 0 Å². The van der Waals surface area contributed by atoms with E-state index in [1.807, 2.05) is 13.0 Å². The van der Waals surface area contributed by atoms with Gasteiger partial charge in [-0.15, -0.1) is 12.6 Å². The van der Waals surface area contributed by atoms with Crippen molar-refractivity contribution in [3.05, 3.63) is 10.7 Å². The highest BCUT2D eigenvalue weighted by atomic mass is 32.1. The van der Waals surface area contributed by atoms with Gasteiger partial charge >= 0.3 is 0 Å². The van der Waals surface area contributed by atoms with E-state index >= 15 is 0 Å². The Labute approximate surface area is 40.3 Å². The second kappa shape index (κ2) is 2.74. The van der Waals surface area contributed by atoms with Gasteiger partial charge in [-0.3, -0.25) is 0 Å². The van der Waals surface area contributed by atoms with Crippen molar-refractivity contribution in [2.45, 2.75) is 6.92 Å². The van der Waals surface area contributed by atoms with Gasteiger partial charge < -0.3 is 0 Å². The van der Waals surface area contributed by atoms with Crippen LogP contribution in [-0.4, -0.2) is 0 Å². The van der Waals surface area contributed by atoms with Crippen molar-refractivity contribution in [1.29, 1.82) is 0 Å². The molecule has 0 aromatic heterocycles. The highest BCUT2D eigenvalue weighted by Gasteiger charge is 1.61. The van der Waals surface area contributed by atoms with E-state index in [2.05, 4.69) is 21.9 Å². The maximum atomic E-state index is 3.92. The van der Waals surface area contributed by atoms with Crippen LogP contribution in [0.4, 0.5) is 0 Å². The molecule has 2 heteroatoms. The maximum Gasteiger partial charge on any atom is -0.00533 e. The molecule has 0 fully saturated rings. The molecule has 0 saturated carbocycles. The molecule has 0 heterocycles. The fraction of sp³-hybridized carbons (Fsp3) is 0.333. The molecule has 1 atom stereocenters. The lowest BCUT2D eigenvalue weighted by atomic mass is 10.8. The largest absolute Gasteiger partial charge is 0.144 e. The molecule has 5 heavy (non-hydrogen) atoms. The summed E-state index contributed by atoms with van der Waals surface area (Å²) in [5.74, 6) is 0. The second-order valence-electron chi connectivity index (χ2n) is 0.714. The van der Waals surface area contributed by atoms with Crippen LogP contribution in [0.15, 0.2) is 10.7 Å². The molecule has 0 radical (unpaired) electrons. The van der Waals surface area contributed by atoms with E-state index in [1.54, 1.807) is 0 Å². The van der Waals surface area contributed by atoms with Crippen LogP contribution in [0.3, 0.4) is 0 Å². The molecule has 0 saturated heterocycles. The van der Waals surface area contributed by atoms with E-state index in [1.165, 1.54) is 0 Å². The zero-order valence-electron chi connectivity index (χ0n) is 3.10. The molecule has 30 valence electrons. The fourth-order valence-electron chi connectivity index (χ4n) is 0. The average Bonchev–Trinajstić information content (AvgIpc) is 1.38. The zero-order chi connectivity index (χ0) is 4.28. The normalized spacial score (nSPS) is 12.2. The summed E-state index contributed by atoms with van der Waals surface area (Å²) >= 11 is 3.92. The molecule has 0 rings (SSSR count). The molecular formula is C3H7PS. The number of hydrogen-bond donors (Lipinski definition) is 1. The van der Waals surface area contributed by atoms with Crippen LogP contribution in [0.5, 0.6) is 0 Å². The summed E-state index contributed by atoms with van der Waals surface area (Å²) in [5, 5.41) is 0. The lowest BCUT2D eigenvalue weighted by Crippen LogP contribution is -1.37. The summed E-state index contributed by atoms with van der Waals surface area (Å²) in [6.45, 7) is 1.94. The van der Waals surface area contributed by atoms with Gasteiger partial charge in [-0.1, -0.05) is 15.3 Å². The maximum absolute atomic E-state index is 3.92. The van der Waals surface area contributed by atoms with Crippen molar-refractivity contribution in [2.24, 2.45) is 0 Å². The molecule has 0 spiro atoms. The number of allylic oxidation sites excluding steroid dienone is 1. The van der Waals surface area contributed by atoms with Gasteiger partial charge in [0, 0.05) is 0 Å². The topological polar surface area (TPSA) is 0 Å². The predicted molar refractivity (Wildman–Crippen MR) is 32.5 cm³/mol. The van der Waals surface area contributed by atoms with Crippen molar-refractivity contribution in [2.75, 3.05) is 0 Å². The van der Waals surface area contributed by atoms with Crippen molar-refractivity contribution >= 4 is 21.9 Å². The molecular weight excluding hydrogens is 99.1 g/mol. The fourth-order valence-corrected chi connectivity index (χ4v) is 0. The van der Waals surface area contributed by atoms with E-state index in [4.69, 9.17) is 0 Å². The first kappa shape index (κ1) is 5.52. The molecule has 0 aromatic carbocycles. The minimum Gasteiger partial charge on any atom is -0.144 e. The summed E-state index contributed by atoms with van der Waals surface area (Å²) in [4.78, 5) is 0. The Hall–Kier alpha value is 0.520. The Balaban J connectivity index is 3.14. The summed E-state index contributed by atoms with van der Waals surface area (Å²) in [5.41, 5.74) is 0. The molecule has 0 aliphatic rings. The molecule has 0 nitrogen and oxygen atoms in total. The van der Waals surface area contributed by atoms with Gasteiger partial charge in [-0.25, -0.2) is 0 Å². The van der Waals surface area contributed by atoms with Crippen LogP contribution >= 0.6 is 21.9 Å². The van der Waals surface area contributed by atoms with Crippen molar-refractivity contribution in [1.82, 2.24) is 0 Å². The van der Waals surface area contributed by atoms with Crippen molar-refractivity contribution in [3.63, 3.8) is 0 Å². The first-order valence-corrected chi connectivity index (χ1v) is 2.40. The van der Waals surface area contributed by atoms with Crippen LogP contribution in [0, 0.1) is 0 Å². The number of hydrogen-bond acceptors (Lipinski definition) is 1. The van der Waals surface area contributed by atoms with Gasteiger partial charge in [0.05, 0.1) is 0 Å². The predicted octanol–water partition coefficient (Wildman–Crippen LogP) is 1.65. The summed E-state index contributed by atoms with van der Waals surface area (Å²) < 4.78 is 0.991. The Bertz CT molecular complexity index is 44.9. The molecule has 0 N–H and O–H groups in total. The van der Waals surface area contributed by atoms with E-state index in [0.29, 0.717) is 0 Å². The molecule has 1 unspecified atom stereocenters.